The summed E-state index contributed by atoms with van der Waals surface area (Å²) >= 11 is 5.82. The maximum Gasteiger partial charge on any atom is 0.219 e. The lowest BCUT2D eigenvalue weighted by Gasteiger charge is -2.18. The number of carbonyl (C=O) groups excluding carboxylic acids is 1. The number of benzene rings is 1. The lowest BCUT2D eigenvalue weighted by molar-refractivity contribution is -0.120. The van der Waals surface area contributed by atoms with Crippen LogP contribution in [0.4, 0.5) is 0 Å². The summed E-state index contributed by atoms with van der Waals surface area (Å²) < 4.78 is 25.8. The van der Waals surface area contributed by atoms with Crippen LogP contribution in [0, 0.1) is 0 Å². The predicted molar refractivity (Wildman–Crippen MR) is 88.9 cm³/mol. The molecule has 0 spiro atoms. The van der Waals surface area contributed by atoms with Gasteiger partial charge in [-0.1, -0.05) is 24.6 Å². The number of pyridine rings is 1. The molecule has 1 aromatic heterocycles. The molecule has 1 amide bonds. The fraction of sp³-hybridized carbons (Fsp3) is 0.250. The number of halogens is 1. The SMILES string of the molecule is CCC(=O)NC[C@@H](c1cccnc1)S(=O)(=O)c1ccc(Cl)cc1. The van der Waals surface area contributed by atoms with Crippen molar-refractivity contribution in [3.8, 4) is 0 Å². The van der Waals surface area contributed by atoms with Gasteiger partial charge in [0.1, 0.15) is 5.25 Å². The first-order valence-electron chi connectivity index (χ1n) is 7.11. The van der Waals surface area contributed by atoms with Gasteiger partial charge in [0.25, 0.3) is 0 Å². The number of rotatable bonds is 6. The number of nitrogens with one attached hydrogen (secondary N) is 1. The van der Waals surface area contributed by atoms with E-state index < -0.39 is 15.1 Å². The number of aromatic nitrogens is 1. The van der Waals surface area contributed by atoms with E-state index in [1.807, 2.05) is 0 Å². The Morgan fingerprint density at radius 3 is 2.52 bits per heavy atom. The summed E-state index contributed by atoms with van der Waals surface area (Å²) in [6.45, 7) is 1.70. The van der Waals surface area contributed by atoms with Gasteiger partial charge in [0.15, 0.2) is 9.84 Å². The highest BCUT2D eigenvalue weighted by Gasteiger charge is 2.29. The Morgan fingerprint density at radius 1 is 1.26 bits per heavy atom. The normalized spacial score (nSPS) is 12.6. The van der Waals surface area contributed by atoms with Gasteiger partial charge < -0.3 is 5.32 Å². The smallest absolute Gasteiger partial charge is 0.219 e. The first kappa shape index (κ1) is 17.4. The van der Waals surface area contributed by atoms with Crippen LogP contribution in [0.5, 0.6) is 0 Å². The zero-order valence-corrected chi connectivity index (χ0v) is 14.1. The molecule has 2 aromatic rings. The molecular formula is C16H17ClN2O3S. The quantitative estimate of drug-likeness (QED) is 0.867. The third-order valence-corrected chi connectivity index (χ3v) is 5.75. The van der Waals surface area contributed by atoms with Crippen LogP contribution in [0.15, 0.2) is 53.7 Å². The van der Waals surface area contributed by atoms with Crippen molar-refractivity contribution in [2.45, 2.75) is 23.5 Å². The van der Waals surface area contributed by atoms with Crippen molar-refractivity contribution in [1.29, 1.82) is 0 Å². The van der Waals surface area contributed by atoms with E-state index in [0.29, 0.717) is 17.0 Å². The van der Waals surface area contributed by atoms with Crippen molar-refractivity contribution in [1.82, 2.24) is 10.3 Å². The summed E-state index contributed by atoms with van der Waals surface area (Å²) in [5.41, 5.74) is 0.527. The largest absolute Gasteiger partial charge is 0.354 e. The lowest BCUT2D eigenvalue weighted by atomic mass is 10.2. The van der Waals surface area contributed by atoms with E-state index in [4.69, 9.17) is 11.6 Å². The predicted octanol–water partition coefficient (Wildman–Crippen LogP) is 2.78. The summed E-state index contributed by atoms with van der Waals surface area (Å²) in [5.74, 6) is -0.204. The van der Waals surface area contributed by atoms with Crippen molar-refractivity contribution in [2.75, 3.05) is 6.54 Å². The van der Waals surface area contributed by atoms with Gasteiger partial charge in [0.05, 0.1) is 4.90 Å². The van der Waals surface area contributed by atoms with E-state index in [1.54, 1.807) is 25.3 Å². The number of amides is 1. The maximum atomic E-state index is 12.9. The second-order valence-corrected chi connectivity index (χ2v) is 7.50. The molecule has 2 rings (SSSR count). The highest BCUT2D eigenvalue weighted by molar-refractivity contribution is 7.91. The molecule has 1 N–H and O–H groups in total. The molecule has 0 saturated carbocycles. The molecule has 23 heavy (non-hydrogen) atoms. The Balaban J connectivity index is 2.39. The van der Waals surface area contributed by atoms with Gasteiger partial charge in [-0.15, -0.1) is 0 Å². The van der Waals surface area contributed by atoms with Crippen molar-refractivity contribution < 1.29 is 13.2 Å². The topological polar surface area (TPSA) is 76.1 Å². The van der Waals surface area contributed by atoms with Gasteiger partial charge >= 0.3 is 0 Å². The van der Waals surface area contributed by atoms with Gasteiger partial charge in [0, 0.05) is 30.4 Å². The molecule has 0 unspecified atom stereocenters. The summed E-state index contributed by atoms with van der Waals surface area (Å²) in [7, 11) is -3.69. The Hall–Kier alpha value is -1.92. The fourth-order valence-electron chi connectivity index (χ4n) is 2.09. The molecular weight excluding hydrogens is 336 g/mol. The highest BCUT2D eigenvalue weighted by Crippen LogP contribution is 2.28. The second kappa shape index (κ2) is 7.57. The van der Waals surface area contributed by atoms with E-state index in [-0.39, 0.29) is 17.3 Å². The number of sulfone groups is 1. The molecule has 0 bridgehead atoms. The third kappa shape index (κ3) is 4.30. The monoisotopic (exact) mass is 352 g/mol. The fourth-order valence-corrected chi connectivity index (χ4v) is 3.86. The molecule has 122 valence electrons. The molecule has 0 aliphatic rings. The van der Waals surface area contributed by atoms with Crippen LogP contribution >= 0.6 is 11.6 Å². The number of hydrogen-bond donors (Lipinski definition) is 1. The molecule has 0 fully saturated rings. The standard InChI is InChI=1S/C16H17ClN2O3S/c1-2-16(20)19-11-15(12-4-3-9-18-10-12)23(21,22)14-7-5-13(17)6-8-14/h3-10,15H,2,11H2,1H3,(H,19,20)/t15-/m0/s1. The highest BCUT2D eigenvalue weighted by atomic mass is 35.5. The molecule has 0 radical (unpaired) electrons. The van der Waals surface area contributed by atoms with Crippen LogP contribution in [0.25, 0.3) is 0 Å². The Kier molecular flexibility index (Phi) is 5.74. The van der Waals surface area contributed by atoms with E-state index in [0.717, 1.165) is 0 Å². The molecule has 1 atom stereocenters. The van der Waals surface area contributed by atoms with Crippen molar-refractivity contribution in [3.63, 3.8) is 0 Å². The van der Waals surface area contributed by atoms with Crippen LogP contribution < -0.4 is 5.32 Å². The summed E-state index contributed by atoms with van der Waals surface area (Å²) in [6.07, 6.45) is 3.36. The number of carbonyl (C=O) groups is 1. The molecule has 5 nitrogen and oxygen atoms in total. The van der Waals surface area contributed by atoms with Crippen molar-refractivity contribution in [2.24, 2.45) is 0 Å². The van der Waals surface area contributed by atoms with Crippen molar-refractivity contribution in [3.05, 3.63) is 59.4 Å². The van der Waals surface area contributed by atoms with E-state index in [1.165, 1.54) is 30.5 Å². The third-order valence-electron chi connectivity index (χ3n) is 3.38. The van der Waals surface area contributed by atoms with Crippen LogP contribution in [0.3, 0.4) is 0 Å². The van der Waals surface area contributed by atoms with Crippen LogP contribution in [-0.4, -0.2) is 25.9 Å². The molecule has 1 aromatic carbocycles. The van der Waals surface area contributed by atoms with E-state index in [9.17, 15) is 13.2 Å². The van der Waals surface area contributed by atoms with Gasteiger partial charge in [-0.2, -0.15) is 0 Å². The number of nitrogens with zero attached hydrogens (tertiary/aromatic N) is 1. The van der Waals surface area contributed by atoms with E-state index in [2.05, 4.69) is 10.3 Å². The van der Waals surface area contributed by atoms with E-state index >= 15 is 0 Å². The maximum absolute atomic E-state index is 12.9. The first-order valence-corrected chi connectivity index (χ1v) is 9.03. The molecule has 1 heterocycles. The minimum absolute atomic E-state index is 0.0106. The van der Waals surface area contributed by atoms with Gasteiger partial charge in [-0.3, -0.25) is 9.78 Å². The Bertz CT molecular complexity index is 762. The molecule has 0 aliphatic carbocycles. The minimum Gasteiger partial charge on any atom is -0.354 e. The summed E-state index contributed by atoms with van der Waals surface area (Å²) in [5, 5.41) is 2.20. The Morgan fingerprint density at radius 2 is 1.96 bits per heavy atom. The van der Waals surface area contributed by atoms with Crippen molar-refractivity contribution >= 4 is 27.3 Å². The Labute approximate surface area is 140 Å². The van der Waals surface area contributed by atoms with Gasteiger partial charge in [-0.25, -0.2) is 8.42 Å². The molecule has 7 heteroatoms. The van der Waals surface area contributed by atoms with Crippen LogP contribution in [0.2, 0.25) is 5.02 Å². The average molecular weight is 353 g/mol. The van der Waals surface area contributed by atoms with Crippen LogP contribution in [-0.2, 0) is 14.6 Å². The minimum atomic E-state index is -3.69. The zero-order valence-electron chi connectivity index (χ0n) is 12.6. The second-order valence-electron chi connectivity index (χ2n) is 4.93. The summed E-state index contributed by atoms with van der Waals surface area (Å²) in [4.78, 5) is 15.6. The lowest BCUT2D eigenvalue weighted by Crippen LogP contribution is -2.31. The van der Waals surface area contributed by atoms with Gasteiger partial charge in [0.2, 0.25) is 5.91 Å². The van der Waals surface area contributed by atoms with Gasteiger partial charge in [-0.05, 0) is 35.9 Å². The molecule has 0 aliphatic heterocycles. The van der Waals surface area contributed by atoms with Crippen LogP contribution in [0.1, 0.15) is 24.2 Å². The summed E-state index contributed by atoms with van der Waals surface area (Å²) in [6, 6.07) is 9.33. The first-order chi connectivity index (χ1) is 10.9. The average Bonchev–Trinajstić information content (AvgIpc) is 2.56. The zero-order chi connectivity index (χ0) is 16.9. The molecule has 0 saturated heterocycles. The number of hydrogen-bond acceptors (Lipinski definition) is 4.